The molecular formula is C13H23F3N2O2. The molecule has 1 saturated heterocycles. The van der Waals surface area contributed by atoms with Gasteiger partial charge in [-0.3, -0.25) is 4.79 Å². The number of rotatable bonds is 7. The highest BCUT2D eigenvalue weighted by molar-refractivity contribution is 5.83. The van der Waals surface area contributed by atoms with Crippen LogP contribution in [0.1, 0.15) is 32.6 Å². The lowest BCUT2D eigenvalue weighted by Gasteiger charge is -2.36. The Balaban J connectivity index is 2.32. The summed E-state index contributed by atoms with van der Waals surface area (Å²) in [6.07, 6.45) is -0.864. The van der Waals surface area contributed by atoms with Crippen LogP contribution >= 0.6 is 0 Å². The van der Waals surface area contributed by atoms with Crippen LogP contribution in [0.25, 0.3) is 0 Å². The van der Waals surface area contributed by atoms with Crippen LogP contribution in [-0.2, 0) is 9.53 Å². The number of ether oxygens (including phenoxy) is 1. The zero-order valence-corrected chi connectivity index (χ0v) is 11.8. The number of hydrogen-bond donors (Lipinski definition) is 2. The highest BCUT2D eigenvalue weighted by atomic mass is 19.4. The first kappa shape index (κ1) is 17.2. The molecule has 7 heteroatoms. The largest absolute Gasteiger partial charge is 0.411 e. The van der Waals surface area contributed by atoms with Crippen molar-refractivity contribution in [3.8, 4) is 0 Å². The molecule has 0 saturated carbocycles. The predicted molar refractivity (Wildman–Crippen MR) is 69.3 cm³/mol. The van der Waals surface area contributed by atoms with Gasteiger partial charge in [0, 0.05) is 13.1 Å². The van der Waals surface area contributed by atoms with E-state index in [-0.39, 0.29) is 19.1 Å². The molecule has 0 bridgehead atoms. The molecular weight excluding hydrogens is 273 g/mol. The summed E-state index contributed by atoms with van der Waals surface area (Å²) in [5.41, 5.74) is -0.420. The van der Waals surface area contributed by atoms with E-state index in [1.807, 2.05) is 6.92 Å². The number of hydrogen-bond acceptors (Lipinski definition) is 3. The Labute approximate surface area is 117 Å². The summed E-state index contributed by atoms with van der Waals surface area (Å²) in [7, 11) is 0. The molecule has 1 heterocycles. The lowest BCUT2D eigenvalue weighted by molar-refractivity contribution is -0.173. The van der Waals surface area contributed by atoms with Gasteiger partial charge in [0.25, 0.3) is 0 Å². The second-order valence-corrected chi connectivity index (χ2v) is 5.23. The van der Waals surface area contributed by atoms with Gasteiger partial charge in [0.2, 0.25) is 5.91 Å². The lowest BCUT2D eigenvalue weighted by Crippen LogP contribution is -2.51. The first-order chi connectivity index (χ1) is 9.40. The number of halogens is 3. The molecule has 0 aliphatic carbocycles. The highest BCUT2D eigenvalue weighted by Gasteiger charge is 2.38. The Morgan fingerprint density at radius 2 is 2.20 bits per heavy atom. The van der Waals surface area contributed by atoms with Crippen molar-refractivity contribution in [3.05, 3.63) is 0 Å². The molecule has 1 aliphatic heterocycles. The standard InChI is InChI=1S/C13H23F3N2O2/c1-2-4-12(5-3-6-17-9-12)11(19)18-7-8-20-10-13(14,15)16/h17H,2-10H2,1H3,(H,18,19). The van der Waals surface area contributed by atoms with Crippen LogP contribution in [0.4, 0.5) is 13.2 Å². The van der Waals surface area contributed by atoms with E-state index in [0.717, 1.165) is 32.2 Å². The van der Waals surface area contributed by atoms with Crippen molar-refractivity contribution in [3.63, 3.8) is 0 Å². The number of carbonyl (C=O) groups is 1. The van der Waals surface area contributed by atoms with Gasteiger partial charge in [0.1, 0.15) is 6.61 Å². The van der Waals surface area contributed by atoms with Gasteiger partial charge in [-0.05, 0) is 25.8 Å². The summed E-state index contributed by atoms with van der Waals surface area (Å²) in [5, 5.41) is 5.92. The summed E-state index contributed by atoms with van der Waals surface area (Å²) in [6.45, 7) is 2.28. The predicted octanol–water partition coefficient (Wildman–Crippen LogP) is 1.85. The fraction of sp³-hybridized carbons (Fsp3) is 0.923. The van der Waals surface area contributed by atoms with Gasteiger partial charge in [0.15, 0.2) is 0 Å². The molecule has 2 N–H and O–H groups in total. The molecule has 1 aliphatic rings. The van der Waals surface area contributed by atoms with Crippen molar-refractivity contribution >= 4 is 5.91 Å². The SMILES string of the molecule is CCCC1(C(=O)NCCOCC(F)(F)F)CCCNC1. The van der Waals surface area contributed by atoms with E-state index < -0.39 is 18.2 Å². The first-order valence-electron chi connectivity index (χ1n) is 7.03. The maximum Gasteiger partial charge on any atom is 0.411 e. The average molecular weight is 296 g/mol. The Hall–Kier alpha value is -0.820. The third-order valence-electron chi connectivity index (χ3n) is 3.48. The minimum Gasteiger partial charge on any atom is -0.370 e. The maximum absolute atomic E-state index is 12.2. The molecule has 1 unspecified atom stereocenters. The molecule has 1 amide bonds. The summed E-state index contributed by atoms with van der Waals surface area (Å²) in [4.78, 5) is 12.2. The monoisotopic (exact) mass is 296 g/mol. The molecule has 1 fully saturated rings. The third kappa shape index (κ3) is 5.66. The zero-order valence-electron chi connectivity index (χ0n) is 11.8. The zero-order chi connectivity index (χ0) is 15.1. The molecule has 0 radical (unpaired) electrons. The Bertz CT molecular complexity index is 297. The first-order valence-corrected chi connectivity index (χ1v) is 7.03. The van der Waals surface area contributed by atoms with Crippen LogP contribution in [0.15, 0.2) is 0 Å². The quantitative estimate of drug-likeness (QED) is 0.705. The van der Waals surface area contributed by atoms with Crippen molar-refractivity contribution in [1.29, 1.82) is 0 Å². The smallest absolute Gasteiger partial charge is 0.370 e. The van der Waals surface area contributed by atoms with Crippen LogP contribution < -0.4 is 10.6 Å². The summed E-state index contributed by atoms with van der Waals surface area (Å²) in [5.74, 6) is -0.0813. The number of amides is 1. The van der Waals surface area contributed by atoms with Crippen LogP contribution in [0, 0.1) is 5.41 Å². The Morgan fingerprint density at radius 3 is 2.75 bits per heavy atom. The van der Waals surface area contributed by atoms with Gasteiger partial charge in [-0.2, -0.15) is 13.2 Å². The molecule has 0 aromatic heterocycles. The molecule has 0 aromatic carbocycles. The van der Waals surface area contributed by atoms with Crippen LogP contribution in [0.5, 0.6) is 0 Å². The number of alkyl halides is 3. The van der Waals surface area contributed by atoms with E-state index in [1.54, 1.807) is 0 Å². The molecule has 1 rings (SSSR count). The second kappa shape index (κ2) is 7.83. The molecule has 0 spiro atoms. The Kier molecular flexibility index (Phi) is 6.75. The topological polar surface area (TPSA) is 50.4 Å². The van der Waals surface area contributed by atoms with Crippen molar-refractivity contribution in [2.24, 2.45) is 5.41 Å². The Morgan fingerprint density at radius 1 is 1.45 bits per heavy atom. The van der Waals surface area contributed by atoms with E-state index in [0.29, 0.717) is 6.54 Å². The summed E-state index contributed by atoms with van der Waals surface area (Å²) >= 11 is 0. The van der Waals surface area contributed by atoms with Crippen LogP contribution in [-0.4, -0.2) is 44.9 Å². The maximum atomic E-state index is 12.2. The minimum atomic E-state index is -4.32. The number of piperidine rings is 1. The van der Waals surface area contributed by atoms with E-state index in [4.69, 9.17) is 0 Å². The minimum absolute atomic E-state index is 0.0813. The number of nitrogens with one attached hydrogen (secondary N) is 2. The summed E-state index contributed by atoms with van der Waals surface area (Å²) < 4.78 is 40.1. The van der Waals surface area contributed by atoms with E-state index >= 15 is 0 Å². The molecule has 0 aromatic rings. The van der Waals surface area contributed by atoms with Gasteiger partial charge in [-0.25, -0.2) is 0 Å². The average Bonchev–Trinajstić information content (AvgIpc) is 2.38. The van der Waals surface area contributed by atoms with Gasteiger partial charge in [-0.15, -0.1) is 0 Å². The molecule has 1 atom stereocenters. The van der Waals surface area contributed by atoms with Gasteiger partial charge in [-0.1, -0.05) is 13.3 Å². The van der Waals surface area contributed by atoms with Crippen LogP contribution in [0.3, 0.4) is 0 Å². The lowest BCUT2D eigenvalue weighted by atomic mass is 9.76. The molecule has 20 heavy (non-hydrogen) atoms. The van der Waals surface area contributed by atoms with E-state index in [9.17, 15) is 18.0 Å². The fourth-order valence-corrected chi connectivity index (χ4v) is 2.58. The van der Waals surface area contributed by atoms with Crippen molar-refractivity contribution < 1.29 is 22.7 Å². The third-order valence-corrected chi connectivity index (χ3v) is 3.48. The van der Waals surface area contributed by atoms with Crippen LogP contribution in [0.2, 0.25) is 0 Å². The van der Waals surface area contributed by atoms with E-state index in [2.05, 4.69) is 15.4 Å². The second-order valence-electron chi connectivity index (χ2n) is 5.23. The molecule has 4 nitrogen and oxygen atoms in total. The van der Waals surface area contributed by atoms with Gasteiger partial charge >= 0.3 is 6.18 Å². The fourth-order valence-electron chi connectivity index (χ4n) is 2.58. The summed E-state index contributed by atoms with van der Waals surface area (Å²) in [6, 6.07) is 0. The van der Waals surface area contributed by atoms with E-state index in [1.165, 1.54) is 0 Å². The van der Waals surface area contributed by atoms with Gasteiger partial charge in [0.05, 0.1) is 12.0 Å². The van der Waals surface area contributed by atoms with Crippen molar-refractivity contribution in [1.82, 2.24) is 10.6 Å². The van der Waals surface area contributed by atoms with Crippen molar-refractivity contribution in [2.75, 3.05) is 32.8 Å². The highest BCUT2D eigenvalue weighted by Crippen LogP contribution is 2.31. The number of carbonyl (C=O) groups excluding carboxylic acids is 1. The van der Waals surface area contributed by atoms with Gasteiger partial charge < -0.3 is 15.4 Å². The van der Waals surface area contributed by atoms with Crippen molar-refractivity contribution in [2.45, 2.75) is 38.8 Å². The normalized spacial score (nSPS) is 23.6. The molecule has 118 valence electrons.